The minimum Gasteiger partial charge on any atom is -0.343 e. The first kappa shape index (κ1) is 20.4. The molecule has 3 heterocycles. The first-order valence-electron chi connectivity index (χ1n) is 11.3. The van der Waals surface area contributed by atoms with E-state index in [2.05, 4.69) is 44.6 Å². The molecule has 1 amide bonds. The van der Waals surface area contributed by atoms with E-state index in [0.29, 0.717) is 24.5 Å². The number of nitrogens with zero attached hydrogens (tertiary/aromatic N) is 4. The van der Waals surface area contributed by atoms with E-state index < -0.39 is 0 Å². The van der Waals surface area contributed by atoms with E-state index in [9.17, 15) is 9.59 Å². The lowest BCUT2D eigenvalue weighted by Gasteiger charge is -2.32. The van der Waals surface area contributed by atoms with Gasteiger partial charge in [-0.05, 0) is 49.9 Å². The summed E-state index contributed by atoms with van der Waals surface area (Å²) in [4.78, 5) is 39.0. The van der Waals surface area contributed by atoms with Crippen LogP contribution in [0.15, 0.2) is 53.3 Å². The van der Waals surface area contributed by atoms with Crippen LogP contribution in [0.3, 0.4) is 0 Å². The standard InChI is InChI=1S/C25H27N5O2/c1-17-26-21-8-4-5-9-23(21)30(17)16-18-12-14-29(15-13-18)24(31)11-10-22-25(32)28-20-7-3-2-6-19(20)27-22/h2-9,18H,10-16H2,1H3,(H,28,32). The first-order valence-corrected chi connectivity index (χ1v) is 11.3. The summed E-state index contributed by atoms with van der Waals surface area (Å²) in [7, 11) is 0. The lowest BCUT2D eigenvalue weighted by Crippen LogP contribution is -2.39. The van der Waals surface area contributed by atoms with Crippen LogP contribution in [-0.2, 0) is 17.8 Å². The number of aryl methyl sites for hydroxylation is 2. The molecule has 0 bridgehead atoms. The largest absolute Gasteiger partial charge is 0.343 e. The van der Waals surface area contributed by atoms with E-state index >= 15 is 0 Å². The number of carbonyl (C=O) groups excluding carboxylic acids is 1. The number of piperidine rings is 1. The summed E-state index contributed by atoms with van der Waals surface area (Å²) in [6.07, 6.45) is 2.63. The number of amides is 1. The highest BCUT2D eigenvalue weighted by Gasteiger charge is 2.24. The number of carbonyl (C=O) groups is 1. The maximum atomic E-state index is 12.8. The maximum Gasteiger partial charge on any atom is 0.270 e. The molecule has 1 saturated heterocycles. The molecular formula is C25H27N5O2. The zero-order valence-corrected chi connectivity index (χ0v) is 18.3. The Bertz CT molecular complexity index is 1330. The van der Waals surface area contributed by atoms with Gasteiger partial charge >= 0.3 is 0 Å². The summed E-state index contributed by atoms with van der Waals surface area (Å²) in [6.45, 7) is 4.51. The summed E-state index contributed by atoms with van der Waals surface area (Å²) in [5.41, 5.74) is 3.90. The van der Waals surface area contributed by atoms with Gasteiger partial charge in [0.2, 0.25) is 5.91 Å². The highest BCUT2D eigenvalue weighted by molar-refractivity contribution is 5.77. The molecule has 164 valence electrons. The van der Waals surface area contributed by atoms with Crippen LogP contribution in [0.5, 0.6) is 0 Å². The Morgan fingerprint density at radius 3 is 2.56 bits per heavy atom. The van der Waals surface area contributed by atoms with Crippen molar-refractivity contribution in [1.82, 2.24) is 24.4 Å². The smallest absolute Gasteiger partial charge is 0.270 e. The quantitative estimate of drug-likeness (QED) is 0.527. The molecule has 0 radical (unpaired) electrons. The molecule has 0 unspecified atom stereocenters. The van der Waals surface area contributed by atoms with E-state index in [1.165, 1.54) is 5.52 Å². The third-order valence-electron chi connectivity index (χ3n) is 6.50. The van der Waals surface area contributed by atoms with Crippen molar-refractivity contribution in [2.24, 2.45) is 5.92 Å². The number of H-pyrrole nitrogens is 1. The Labute approximate surface area is 186 Å². The average Bonchev–Trinajstić information content (AvgIpc) is 3.13. The second kappa shape index (κ2) is 8.57. The van der Waals surface area contributed by atoms with Gasteiger partial charge in [0.05, 0.1) is 22.1 Å². The van der Waals surface area contributed by atoms with Gasteiger partial charge in [-0.2, -0.15) is 0 Å². The van der Waals surface area contributed by atoms with E-state index in [1.807, 2.05) is 35.2 Å². The molecule has 4 aromatic rings. The van der Waals surface area contributed by atoms with Gasteiger partial charge in [-0.15, -0.1) is 0 Å². The molecule has 32 heavy (non-hydrogen) atoms. The Kier molecular flexibility index (Phi) is 5.47. The summed E-state index contributed by atoms with van der Waals surface area (Å²) in [6, 6.07) is 15.7. The van der Waals surface area contributed by atoms with Crippen LogP contribution < -0.4 is 5.56 Å². The molecule has 0 spiro atoms. The van der Waals surface area contributed by atoms with Crippen LogP contribution in [-0.4, -0.2) is 43.4 Å². The Balaban J connectivity index is 1.17. The van der Waals surface area contributed by atoms with Crippen molar-refractivity contribution in [3.63, 3.8) is 0 Å². The van der Waals surface area contributed by atoms with Gasteiger partial charge in [0, 0.05) is 32.5 Å². The summed E-state index contributed by atoms with van der Waals surface area (Å²) < 4.78 is 2.30. The highest BCUT2D eigenvalue weighted by atomic mass is 16.2. The molecule has 1 N–H and O–H groups in total. The van der Waals surface area contributed by atoms with Crippen LogP contribution in [0.2, 0.25) is 0 Å². The van der Waals surface area contributed by atoms with Gasteiger partial charge in [-0.25, -0.2) is 9.97 Å². The third-order valence-corrected chi connectivity index (χ3v) is 6.50. The van der Waals surface area contributed by atoms with E-state index in [0.717, 1.165) is 54.9 Å². The number of benzene rings is 2. The SMILES string of the molecule is Cc1nc2ccccc2n1CC1CCN(C(=O)CCc2nc3ccccc3[nH]c2=O)CC1. The molecule has 0 atom stereocenters. The zero-order valence-electron chi connectivity index (χ0n) is 18.3. The van der Waals surface area contributed by atoms with Gasteiger partial charge in [-0.3, -0.25) is 9.59 Å². The van der Waals surface area contributed by atoms with Crippen LogP contribution in [0.4, 0.5) is 0 Å². The average molecular weight is 430 g/mol. The van der Waals surface area contributed by atoms with Crippen LogP contribution in [0.25, 0.3) is 22.1 Å². The predicted octanol–water partition coefficient (Wildman–Crippen LogP) is 3.45. The molecule has 7 heteroatoms. The van der Waals surface area contributed by atoms with Crippen LogP contribution in [0.1, 0.15) is 30.8 Å². The van der Waals surface area contributed by atoms with Crippen molar-refractivity contribution in [3.8, 4) is 0 Å². The molecule has 0 saturated carbocycles. The monoisotopic (exact) mass is 429 g/mol. The van der Waals surface area contributed by atoms with Crippen molar-refractivity contribution in [2.75, 3.05) is 13.1 Å². The predicted molar refractivity (Wildman–Crippen MR) is 124 cm³/mol. The number of hydrogen-bond donors (Lipinski definition) is 1. The minimum absolute atomic E-state index is 0.0991. The first-order chi connectivity index (χ1) is 15.6. The number of rotatable bonds is 5. The number of fused-ring (bicyclic) bond motifs is 2. The normalized spacial score (nSPS) is 15.0. The van der Waals surface area contributed by atoms with Crippen molar-refractivity contribution < 1.29 is 4.79 Å². The number of likely N-dealkylation sites (tertiary alicyclic amines) is 1. The molecule has 7 nitrogen and oxygen atoms in total. The summed E-state index contributed by atoms with van der Waals surface area (Å²) in [5.74, 6) is 1.67. The Hall–Kier alpha value is -3.48. The number of para-hydroxylation sites is 4. The van der Waals surface area contributed by atoms with E-state index in [1.54, 1.807) is 0 Å². The summed E-state index contributed by atoms with van der Waals surface area (Å²) in [5, 5.41) is 0. The maximum absolute atomic E-state index is 12.8. The fraction of sp³-hybridized carbons (Fsp3) is 0.360. The van der Waals surface area contributed by atoms with Crippen molar-refractivity contribution in [1.29, 1.82) is 0 Å². The van der Waals surface area contributed by atoms with Gasteiger partial charge in [-0.1, -0.05) is 24.3 Å². The highest BCUT2D eigenvalue weighted by Crippen LogP contribution is 2.24. The lowest BCUT2D eigenvalue weighted by atomic mass is 9.96. The Morgan fingerprint density at radius 1 is 1.03 bits per heavy atom. The fourth-order valence-electron chi connectivity index (χ4n) is 4.67. The minimum atomic E-state index is -0.210. The molecule has 2 aromatic carbocycles. The zero-order chi connectivity index (χ0) is 22.1. The van der Waals surface area contributed by atoms with Gasteiger partial charge in [0.15, 0.2) is 0 Å². The molecule has 1 aliphatic heterocycles. The summed E-state index contributed by atoms with van der Waals surface area (Å²) >= 11 is 0. The molecule has 2 aromatic heterocycles. The van der Waals surface area contributed by atoms with Crippen LogP contribution >= 0.6 is 0 Å². The fourth-order valence-corrected chi connectivity index (χ4v) is 4.67. The molecule has 5 rings (SSSR count). The number of aromatic nitrogens is 4. The van der Waals surface area contributed by atoms with E-state index in [4.69, 9.17) is 0 Å². The van der Waals surface area contributed by atoms with Gasteiger partial charge in [0.1, 0.15) is 11.5 Å². The van der Waals surface area contributed by atoms with Crippen molar-refractivity contribution in [2.45, 2.75) is 39.2 Å². The topological polar surface area (TPSA) is 83.9 Å². The van der Waals surface area contributed by atoms with Gasteiger partial charge < -0.3 is 14.5 Å². The molecule has 0 aliphatic carbocycles. The van der Waals surface area contributed by atoms with Crippen LogP contribution in [0, 0.1) is 12.8 Å². The lowest BCUT2D eigenvalue weighted by molar-refractivity contribution is -0.132. The Morgan fingerprint density at radius 2 is 1.75 bits per heavy atom. The van der Waals surface area contributed by atoms with Crippen molar-refractivity contribution in [3.05, 3.63) is 70.4 Å². The van der Waals surface area contributed by atoms with Crippen molar-refractivity contribution >= 4 is 28.0 Å². The molecular weight excluding hydrogens is 402 g/mol. The second-order valence-electron chi connectivity index (χ2n) is 8.61. The third kappa shape index (κ3) is 4.02. The molecule has 1 aliphatic rings. The number of hydrogen-bond acceptors (Lipinski definition) is 4. The van der Waals surface area contributed by atoms with E-state index in [-0.39, 0.29) is 11.5 Å². The number of imidazole rings is 1. The number of nitrogens with one attached hydrogen (secondary N) is 1. The molecule has 1 fully saturated rings. The number of aromatic amines is 1. The second-order valence-corrected chi connectivity index (χ2v) is 8.61. The van der Waals surface area contributed by atoms with Gasteiger partial charge in [0.25, 0.3) is 5.56 Å².